The second-order valence-electron chi connectivity index (χ2n) is 3.88. The van der Waals surface area contributed by atoms with Crippen LogP contribution >= 0.6 is 11.8 Å². The average Bonchev–Trinajstić information content (AvgIpc) is 2.38. The van der Waals surface area contributed by atoms with Crippen LogP contribution in [0.15, 0.2) is 53.7 Å². The molecule has 0 aliphatic heterocycles. The minimum atomic E-state index is -0.408. The Hall–Kier alpha value is -1.32. The van der Waals surface area contributed by atoms with Crippen molar-refractivity contribution in [2.45, 2.75) is 23.8 Å². The van der Waals surface area contributed by atoms with Gasteiger partial charge < -0.3 is 5.11 Å². The predicted molar refractivity (Wildman–Crippen MR) is 70.9 cm³/mol. The fourth-order valence-corrected chi connectivity index (χ4v) is 2.34. The third kappa shape index (κ3) is 3.58. The smallest absolute Gasteiger partial charge is 0.0963 e. The van der Waals surface area contributed by atoms with Gasteiger partial charge in [0.05, 0.1) is 11.1 Å². The van der Waals surface area contributed by atoms with Crippen molar-refractivity contribution in [3.63, 3.8) is 0 Å². The molecule has 0 aliphatic carbocycles. The summed E-state index contributed by atoms with van der Waals surface area (Å²) in [6.07, 6.45) is 1.39. The van der Waals surface area contributed by atoms with Crippen molar-refractivity contribution in [3.8, 4) is 0 Å². The average molecular weight is 245 g/mol. The van der Waals surface area contributed by atoms with Crippen LogP contribution in [-0.2, 0) is 5.75 Å². The van der Waals surface area contributed by atoms with E-state index in [0.29, 0.717) is 0 Å². The van der Waals surface area contributed by atoms with Gasteiger partial charge >= 0.3 is 0 Å². The maximum absolute atomic E-state index is 9.51. The number of rotatable bonds is 4. The molecule has 2 rings (SSSR count). The van der Waals surface area contributed by atoms with Gasteiger partial charge in [0.25, 0.3) is 0 Å². The van der Waals surface area contributed by atoms with E-state index in [1.165, 1.54) is 5.56 Å². The molecule has 1 atom stereocenters. The number of aliphatic hydroxyl groups excluding tert-OH is 1. The summed E-state index contributed by atoms with van der Waals surface area (Å²) in [7, 11) is 0. The van der Waals surface area contributed by atoms with Crippen molar-refractivity contribution < 1.29 is 5.11 Å². The second kappa shape index (κ2) is 5.84. The molecule has 0 radical (unpaired) electrons. The first-order chi connectivity index (χ1) is 8.25. The zero-order chi connectivity index (χ0) is 12.1. The van der Waals surface area contributed by atoms with Crippen molar-refractivity contribution >= 4 is 11.8 Å². The van der Waals surface area contributed by atoms with Crippen LogP contribution in [0.4, 0.5) is 0 Å². The van der Waals surface area contributed by atoms with Crippen LogP contribution in [-0.4, -0.2) is 10.1 Å². The first-order valence-corrected chi connectivity index (χ1v) is 6.55. The molecule has 0 amide bonds. The van der Waals surface area contributed by atoms with Gasteiger partial charge in [0.2, 0.25) is 0 Å². The first-order valence-electron chi connectivity index (χ1n) is 5.56. The number of thioether (sulfide) groups is 1. The summed E-state index contributed by atoms with van der Waals surface area (Å²) in [5.41, 5.74) is 2.17. The minimum Gasteiger partial charge on any atom is -0.389 e. The Kier molecular flexibility index (Phi) is 4.18. The third-order valence-electron chi connectivity index (χ3n) is 2.46. The lowest BCUT2D eigenvalue weighted by Gasteiger charge is -2.07. The largest absolute Gasteiger partial charge is 0.389 e. The highest BCUT2D eigenvalue weighted by molar-refractivity contribution is 7.98. The van der Waals surface area contributed by atoms with Crippen molar-refractivity contribution in [1.82, 2.24) is 4.98 Å². The summed E-state index contributed by atoms with van der Waals surface area (Å²) >= 11 is 1.70. The Morgan fingerprint density at radius 3 is 2.82 bits per heavy atom. The number of hydrogen-bond donors (Lipinski definition) is 1. The quantitative estimate of drug-likeness (QED) is 0.838. The molecule has 0 saturated carbocycles. The topological polar surface area (TPSA) is 33.1 Å². The van der Waals surface area contributed by atoms with Crippen molar-refractivity contribution in [1.29, 1.82) is 0 Å². The molecule has 0 spiro atoms. The summed E-state index contributed by atoms with van der Waals surface area (Å²) in [5.74, 6) is 0.873. The Bertz CT molecular complexity index is 471. The Morgan fingerprint density at radius 1 is 1.24 bits per heavy atom. The molecule has 1 N–H and O–H groups in total. The van der Waals surface area contributed by atoms with Gasteiger partial charge in [0.15, 0.2) is 0 Å². The number of pyridine rings is 1. The van der Waals surface area contributed by atoms with Crippen LogP contribution in [0.2, 0.25) is 0 Å². The van der Waals surface area contributed by atoms with E-state index in [4.69, 9.17) is 0 Å². The second-order valence-corrected chi connectivity index (χ2v) is 4.87. The fraction of sp³-hybridized carbons (Fsp3) is 0.214. The van der Waals surface area contributed by atoms with Gasteiger partial charge in [-0.1, -0.05) is 30.3 Å². The molecule has 1 unspecified atom stereocenters. The van der Waals surface area contributed by atoms with Gasteiger partial charge in [-0.15, -0.1) is 11.8 Å². The van der Waals surface area contributed by atoms with E-state index in [-0.39, 0.29) is 0 Å². The van der Waals surface area contributed by atoms with Gasteiger partial charge in [-0.3, -0.25) is 0 Å². The van der Waals surface area contributed by atoms with E-state index in [1.54, 1.807) is 24.9 Å². The summed E-state index contributed by atoms with van der Waals surface area (Å²) in [6, 6.07) is 13.9. The summed E-state index contributed by atoms with van der Waals surface area (Å²) in [5, 5.41) is 10.5. The molecule has 1 heterocycles. The standard InChI is InChI=1S/C14H15NOS/c1-11(16)13-6-4-5-12(9-13)10-17-14-7-2-3-8-15-14/h2-9,11,16H,10H2,1H3. The molecule has 0 aliphatic rings. The first kappa shape index (κ1) is 12.1. The van der Waals surface area contributed by atoms with E-state index in [0.717, 1.165) is 16.3 Å². The molecular weight excluding hydrogens is 230 g/mol. The molecule has 0 bridgehead atoms. The monoisotopic (exact) mass is 245 g/mol. The van der Waals surface area contributed by atoms with Crippen LogP contribution in [0.3, 0.4) is 0 Å². The molecule has 0 saturated heterocycles. The van der Waals surface area contributed by atoms with Crippen LogP contribution in [0.1, 0.15) is 24.2 Å². The Balaban J connectivity index is 2.02. The van der Waals surface area contributed by atoms with Gasteiger partial charge in [0, 0.05) is 11.9 Å². The molecule has 2 aromatic rings. The Morgan fingerprint density at radius 2 is 2.12 bits per heavy atom. The predicted octanol–water partition coefficient (Wildman–Crippen LogP) is 3.43. The van der Waals surface area contributed by atoms with E-state index in [1.807, 2.05) is 36.4 Å². The van der Waals surface area contributed by atoms with Crippen LogP contribution in [0.25, 0.3) is 0 Å². The van der Waals surface area contributed by atoms with Gasteiger partial charge in [0.1, 0.15) is 0 Å². The van der Waals surface area contributed by atoms with E-state index < -0.39 is 6.10 Å². The van der Waals surface area contributed by atoms with Crippen LogP contribution in [0, 0.1) is 0 Å². The molecule has 0 fully saturated rings. The minimum absolute atomic E-state index is 0.408. The third-order valence-corrected chi connectivity index (χ3v) is 3.47. The lowest BCUT2D eigenvalue weighted by atomic mass is 10.1. The van der Waals surface area contributed by atoms with Crippen LogP contribution in [0.5, 0.6) is 0 Å². The molecular formula is C14H15NOS. The fourth-order valence-electron chi connectivity index (χ4n) is 1.53. The summed E-state index contributed by atoms with van der Waals surface area (Å²) < 4.78 is 0. The molecule has 88 valence electrons. The van der Waals surface area contributed by atoms with Crippen molar-refractivity contribution in [3.05, 3.63) is 59.8 Å². The number of aliphatic hydroxyl groups is 1. The highest BCUT2D eigenvalue weighted by Crippen LogP contribution is 2.22. The van der Waals surface area contributed by atoms with E-state index in [2.05, 4.69) is 11.1 Å². The Labute approximate surface area is 106 Å². The zero-order valence-corrected chi connectivity index (χ0v) is 10.5. The highest BCUT2D eigenvalue weighted by atomic mass is 32.2. The zero-order valence-electron chi connectivity index (χ0n) is 9.71. The number of hydrogen-bond acceptors (Lipinski definition) is 3. The lowest BCUT2D eigenvalue weighted by molar-refractivity contribution is 0.199. The van der Waals surface area contributed by atoms with Crippen molar-refractivity contribution in [2.75, 3.05) is 0 Å². The SMILES string of the molecule is CC(O)c1cccc(CSc2ccccn2)c1. The number of benzene rings is 1. The lowest BCUT2D eigenvalue weighted by Crippen LogP contribution is -1.92. The summed E-state index contributed by atoms with van der Waals surface area (Å²) in [6.45, 7) is 1.78. The van der Waals surface area contributed by atoms with Gasteiger partial charge in [-0.05, 0) is 30.2 Å². The number of aromatic nitrogens is 1. The molecule has 2 nitrogen and oxygen atoms in total. The van der Waals surface area contributed by atoms with E-state index >= 15 is 0 Å². The van der Waals surface area contributed by atoms with Crippen molar-refractivity contribution in [2.24, 2.45) is 0 Å². The molecule has 3 heteroatoms. The molecule has 1 aromatic heterocycles. The van der Waals surface area contributed by atoms with E-state index in [9.17, 15) is 5.11 Å². The highest BCUT2D eigenvalue weighted by Gasteiger charge is 2.02. The van der Waals surface area contributed by atoms with Gasteiger partial charge in [-0.2, -0.15) is 0 Å². The summed E-state index contributed by atoms with van der Waals surface area (Å²) in [4.78, 5) is 4.26. The molecule has 17 heavy (non-hydrogen) atoms. The maximum Gasteiger partial charge on any atom is 0.0963 e. The maximum atomic E-state index is 9.51. The number of nitrogens with zero attached hydrogens (tertiary/aromatic N) is 1. The van der Waals surface area contributed by atoms with Gasteiger partial charge in [-0.25, -0.2) is 4.98 Å². The molecule has 1 aromatic carbocycles. The van der Waals surface area contributed by atoms with Crippen LogP contribution < -0.4 is 0 Å². The normalized spacial score (nSPS) is 12.4.